The van der Waals surface area contributed by atoms with E-state index in [1.54, 1.807) is 0 Å². The SMILES string of the molecule is CCCCCCCCC/C=C\CCCCCCCCCC(=O)OC(CO)COC(=O)CCCCCCCCCCCCCCCCCCCCCCCCCCCCCCCCCCCC. The van der Waals surface area contributed by atoms with E-state index < -0.39 is 6.10 Å². The molecule has 1 N–H and O–H groups in total. The first kappa shape index (κ1) is 64.6. The van der Waals surface area contributed by atoms with Crippen molar-refractivity contribution >= 4 is 11.9 Å². The second kappa shape index (κ2) is 58.0. The fourth-order valence-corrected chi connectivity index (χ4v) is 9.50. The summed E-state index contributed by atoms with van der Waals surface area (Å²) in [5, 5.41) is 9.65. The largest absolute Gasteiger partial charge is 0.462 e. The van der Waals surface area contributed by atoms with Crippen LogP contribution in [0, 0.1) is 0 Å². The highest BCUT2D eigenvalue weighted by Crippen LogP contribution is 2.18. The third-order valence-electron chi connectivity index (χ3n) is 14.1. The smallest absolute Gasteiger partial charge is 0.306 e. The molecule has 1 unspecified atom stereocenters. The van der Waals surface area contributed by atoms with Crippen LogP contribution in [0.1, 0.15) is 348 Å². The third kappa shape index (κ3) is 55.2. The van der Waals surface area contributed by atoms with Crippen molar-refractivity contribution in [2.24, 2.45) is 0 Å². The number of aliphatic hydroxyl groups is 1. The van der Waals surface area contributed by atoms with Crippen LogP contribution in [0.5, 0.6) is 0 Å². The molecule has 0 aromatic rings. The Morgan fingerprint density at radius 1 is 0.333 bits per heavy atom. The topological polar surface area (TPSA) is 72.8 Å². The summed E-state index contributed by atoms with van der Waals surface area (Å²) in [4.78, 5) is 24.5. The highest BCUT2D eigenvalue weighted by atomic mass is 16.6. The van der Waals surface area contributed by atoms with Crippen LogP contribution in [-0.4, -0.2) is 36.4 Å². The van der Waals surface area contributed by atoms with Crippen molar-refractivity contribution in [1.82, 2.24) is 0 Å². The van der Waals surface area contributed by atoms with Gasteiger partial charge in [-0.25, -0.2) is 0 Å². The number of esters is 2. The van der Waals surface area contributed by atoms with E-state index in [1.165, 1.54) is 289 Å². The van der Waals surface area contributed by atoms with Crippen LogP contribution in [0.4, 0.5) is 0 Å². The van der Waals surface area contributed by atoms with E-state index in [4.69, 9.17) is 9.47 Å². The second-order valence-electron chi connectivity index (χ2n) is 20.8. The molecule has 66 heavy (non-hydrogen) atoms. The fraction of sp³-hybridized carbons (Fsp3) is 0.934. The molecular weight excluding hydrogens is 813 g/mol. The van der Waals surface area contributed by atoms with Gasteiger partial charge in [-0.2, -0.15) is 0 Å². The van der Waals surface area contributed by atoms with Crippen molar-refractivity contribution in [2.75, 3.05) is 13.2 Å². The van der Waals surface area contributed by atoms with Crippen LogP contribution in [-0.2, 0) is 19.1 Å². The molecule has 0 aromatic carbocycles. The minimum Gasteiger partial charge on any atom is -0.462 e. The molecule has 1 atom stereocenters. The summed E-state index contributed by atoms with van der Waals surface area (Å²) in [6, 6.07) is 0. The number of carbonyl (C=O) groups is 2. The van der Waals surface area contributed by atoms with Crippen LogP contribution in [0.2, 0.25) is 0 Å². The Bertz CT molecular complexity index is 963. The number of carbonyl (C=O) groups excluding carboxylic acids is 2. The van der Waals surface area contributed by atoms with Crippen molar-refractivity contribution in [3.63, 3.8) is 0 Å². The molecule has 0 saturated carbocycles. The quantitative estimate of drug-likeness (QED) is 0.0374. The average molecular weight is 932 g/mol. The summed E-state index contributed by atoms with van der Waals surface area (Å²) < 4.78 is 10.7. The van der Waals surface area contributed by atoms with E-state index in [0.29, 0.717) is 12.8 Å². The maximum absolute atomic E-state index is 12.3. The summed E-state index contributed by atoms with van der Waals surface area (Å²) in [6.07, 6.45) is 72.2. The molecule has 0 saturated heterocycles. The lowest BCUT2D eigenvalue weighted by Gasteiger charge is -2.15. The van der Waals surface area contributed by atoms with Gasteiger partial charge in [0.25, 0.3) is 0 Å². The molecule has 0 aliphatic carbocycles. The van der Waals surface area contributed by atoms with Crippen LogP contribution < -0.4 is 0 Å². The molecule has 0 rings (SSSR count). The van der Waals surface area contributed by atoms with Gasteiger partial charge in [0, 0.05) is 12.8 Å². The number of ether oxygens (including phenoxy) is 2. The predicted molar refractivity (Wildman–Crippen MR) is 288 cm³/mol. The first-order valence-corrected chi connectivity index (χ1v) is 30.2. The molecule has 0 aliphatic heterocycles. The Morgan fingerprint density at radius 2 is 0.561 bits per heavy atom. The number of rotatable bonds is 57. The normalized spacial score (nSPS) is 12.1. The van der Waals surface area contributed by atoms with Gasteiger partial charge in [-0.3, -0.25) is 9.59 Å². The molecule has 0 spiro atoms. The van der Waals surface area contributed by atoms with Gasteiger partial charge in [-0.05, 0) is 38.5 Å². The third-order valence-corrected chi connectivity index (χ3v) is 14.1. The Labute approximate surface area is 413 Å². The Hall–Kier alpha value is -1.36. The molecule has 0 heterocycles. The predicted octanol–water partition coefficient (Wildman–Crippen LogP) is 20.3. The van der Waals surface area contributed by atoms with Crippen LogP contribution in [0.15, 0.2) is 12.2 Å². The molecule has 0 bridgehead atoms. The van der Waals surface area contributed by atoms with E-state index in [9.17, 15) is 14.7 Å². The zero-order chi connectivity index (χ0) is 47.7. The van der Waals surface area contributed by atoms with Crippen molar-refractivity contribution < 1.29 is 24.2 Å². The molecule has 0 radical (unpaired) electrons. The van der Waals surface area contributed by atoms with Crippen molar-refractivity contribution in [1.29, 1.82) is 0 Å². The lowest BCUT2D eigenvalue weighted by Crippen LogP contribution is -2.28. The van der Waals surface area contributed by atoms with E-state index in [1.807, 2.05) is 0 Å². The summed E-state index contributed by atoms with van der Waals surface area (Å²) in [5.41, 5.74) is 0. The second-order valence-corrected chi connectivity index (χ2v) is 20.8. The Morgan fingerprint density at radius 3 is 0.818 bits per heavy atom. The number of aliphatic hydroxyl groups excluding tert-OH is 1. The molecule has 0 aromatic heterocycles. The summed E-state index contributed by atoms with van der Waals surface area (Å²) in [7, 11) is 0. The van der Waals surface area contributed by atoms with Crippen molar-refractivity contribution in [3.8, 4) is 0 Å². The maximum atomic E-state index is 12.3. The number of allylic oxidation sites excluding steroid dienone is 2. The van der Waals surface area contributed by atoms with E-state index >= 15 is 0 Å². The van der Waals surface area contributed by atoms with Crippen molar-refractivity contribution in [2.45, 2.75) is 354 Å². The highest BCUT2D eigenvalue weighted by molar-refractivity contribution is 5.70. The average Bonchev–Trinajstić information content (AvgIpc) is 3.32. The number of hydrogen-bond donors (Lipinski definition) is 1. The molecule has 0 aliphatic rings. The highest BCUT2D eigenvalue weighted by Gasteiger charge is 2.16. The van der Waals surface area contributed by atoms with Crippen LogP contribution >= 0.6 is 0 Å². The van der Waals surface area contributed by atoms with E-state index in [-0.39, 0.29) is 25.2 Å². The molecule has 0 fully saturated rings. The molecule has 5 heteroatoms. The van der Waals surface area contributed by atoms with Gasteiger partial charge in [-0.1, -0.05) is 309 Å². The minimum atomic E-state index is -0.769. The van der Waals surface area contributed by atoms with Gasteiger partial charge in [0.1, 0.15) is 6.61 Å². The van der Waals surface area contributed by atoms with Gasteiger partial charge in [0.05, 0.1) is 6.61 Å². The summed E-state index contributed by atoms with van der Waals surface area (Å²) >= 11 is 0. The van der Waals surface area contributed by atoms with Crippen LogP contribution in [0.3, 0.4) is 0 Å². The van der Waals surface area contributed by atoms with E-state index in [2.05, 4.69) is 26.0 Å². The number of unbranched alkanes of at least 4 members (excludes halogenated alkanes) is 47. The zero-order valence-electron chi connectivity index (χ0n) is 45.0. The Balaban J connectivity index is 3.37. The first-order valence-electron chi connectivity index (χ1n) is 30.2. The number of hydrogen-bond acceptors (Lipinski definition) is 5. The van der Waals surface area contributed by atoms with Gasteiger partial charge in [0.2, 0.25) is 0 Å². The Kier molecular flexibility index (Phi) is 56.8. The standard InChI is InChI=1S/C61H118O5/c1-3-5-7-9-11-13-15-17-19-21-23-24-25-26-27-28-29-30-31-32-33-34-35-36-37-38-40-41-43-45-47-49-51-53-55-60(63)65-58-59(57-62)66-61(64)56-54-52-50-48-46-44-42-39-22-20-18-16-14-12-10-8-6-4-2/h20,22,59,62H,3-19,21,23-58H2,1-2H3/b22-20-. The monoisotopic (exact) mass is 931 g/mol. The lowest BCUT2D eigenvalue weighted by molar-refractivity contribution is -0.161. The first-order chi connectivity index (χ1) is 32.6. The van der Waals surface area contributed by atoms with Gasteiger partial charge in [0.15, 0.2) is 6.10 Å². The maximum Gasteiger partial charge on any atom is 0.306 e. The molecule has 5 nitrogen and oxygen atoms in total. The zero-order valence-corrected chi connectivity index (χ0v) is 45.0. The fourth-order valence-electron chi connectivity index (χ4n) is 9.50. The van der Waals surface area contributed by atoms with Gasteiger partial charge >= 0.3 is 11.9 Å². The van der Waals surface area contributed by atoms with Crippen LogP contribution in [0.25, 0.3) is 0 Å². The molecular formula is C61H118O5. The molecule has 392 valence electrons. The summed E-state index contributed by atoms with van der Waals surface area (Å²) in [6.45, 7) is 4.19. The molecule has 0 amide bonds. The van der Waals surface area contributed by atoms with E-state index in [0.717, 1.165) is 32.1 Å². The van der Waals surface area contributed by atoms with Gasteiger partial charge in [-0.15, -0.1) is 0 Å². The summed E-state index contributed by atoms with van der Waals surface area (Å²) in [5.74, 6) is -0.574. The lowest BCUT2D eigenvalue weighted by atomic mass is 10.0. The van der Waals surface area contributed by atoms with Gasteiger partial charge < -0.3 is 14.6 Å². The van der Waals surface area contributed by atoms with Crippen molar-refractivity contribution in [3.05, 3.63) is 12.2 Å². The minimum absolute atomic E-state index is 0.0605.